The van der Waals surface area contributed by atoms with Crippen molar-refractivity contribution >= 4 is 19.4 Å². The Labute approximate surface area is 164 Å². The van der Waals surface area contributed by atoms with Crippen molar-refractivity contribution in [2.24, 2.45) is 5.41 Å². The van der Waals surface area contributed by atoms with Crippen molar-refractivity contribution in [3.8, 4) is 0 Å². The molecule has 2 nitrogen and oxygen atoms in total. The number of benzene rings is 1. The van der Waals surface area contributed by atoms with E-state index < -0.39 is 61.3 Å². The number of rotatable bonds is 7. The van der Waals surface area contributed by atoms with Gasteiger partial charge in [-0.25, -0.2) is 0 Å². The molecule has 0 saturated carbocycles. The fourth-order valence-electron chi connectivity index (χ4n) is 2.02. The molecule has 10 heteroatoms. The van der Waals surface area contributed by atoms with Crippen LogP contribution < -0.4 is 4.46 Å². The fraction of sp³-hybridized carbons (Fsp3) is 0.556. The van der Waals surface area contributed by atoms with Gasteiger partial charge in [-0.3, -0.25) is 0 Å². The molecule has 0 heterocycles. The summed E-state index contributed by atoms with van der Waals surface area (Å²) < 4.78 is 98.8. The topological polar surface area (TPSA) is 29.5 Å². The molecule has 1 atom stereocenters. The summed E-state index contributed by atoms with van der Waals surface area (Å²) in [6.45, 7) is 4.94. The Bertz CT molecular complexity index is 679. The predicted octanol–water partition coefficient (Wildman–Crippen LogP) is 4.50. The predicted molar refractivity (Wildman–Crippen MR) is 91.9 cm³/mol. The van der Waals surface area contributed by atoms with Crippen molar-refractivity contribution in [3.63, 3.8) is 0 Å². The molecule has 0 saturated heterocycles. The second-order valence-corrected chi connectivity index (χ2v) is 9.30. The Morgan fingerprint density at radius 1 is 1.00 bits per heavy atom. The maximum atomic E-state index is 14.5. The minimum atomic E-state index is -6.50. The summed E-state index contributed by atoms with van der Waals surface area (Å²) in [7, 11) is 0. The summed E-state index contributed by atoms with van der Waals surface area (Å²) in [5.41, 5.74) is -1.11. The number of aliphatic hydroxyl groups is 1. The minimum absolute atomic E-state index is 0.400. The van der Waals surface area contributed by atoms with Crippen LogP contribution in [0.25, 0.3) is 0 Å². The molecular formula is C18H21F7O2Se. The average molecular weight is 481 g/mol. The van der Waals surface area contributed by atoms with Crippen molar-refractivity contribution in [1.29, 1.82) is 0 Å². The second kappa shape index (κ2) is 8.63. The van der Waals surface area contributed by atoms with Gasteiger partial charge in [-0.15, -0.1) is 0 Å². The van der Waals surface area contributed by atoms with Gasteiger partial charge in [0.05, 0.1) is 0 Å². The third kappa shape index (κ3) is 5.21. The summed E-state index contributed by atoms with van der Waals surface area (Å²) in [5.74, 6) is -13.9. The Morgan fingerprint density at radius 2 is 1.50 bits per heavy atom. The van der Waals surface area contributed by atoms with Gasteiger partial charge < -0.3 is 0 Å². The molecule has 0 radical (unpaired) electrons. The van der Waals surface area contributed by atoms with Crippen LogP contribution in [0.3, 0.4) is 0 Å². The van der Waals surface area contributed by atoms with Crippen LogP contribution in [0.1, 0.15) is 27.7 Å². The first-order valence-corrected chi connectivity index (χ1v) is 9.89. The van der Waals surface area contributed by atoms with E-state index in [-0.39, 0.29) is 0 Å². The van der Waals surface area contributed by atoms with Gasteiger partial charge in [0.2, 0.25) is 0 Å². The molecule has 1 aromatic rings. The number of halogens is 7. The Morgan fingerprint density at radius 3 is 1.89 bits per heavy atom. The monoisotopic (exact) mass is 482 g/mol. The van der Waals surface area contributed by atoms with Gasteiger partial charge >= 0.3 is 164 Å². The zero-order chi connectivity index (χ0) is 22.0. The van der Waals surface area contributed by atoms with Gasteiger partial charge in [0.25, 0.3) is 0 Å². The van der Waals surface area contributed by atoms with Gasteiger partial charge in [0.1, 0.15) is 0 Å². The number of aliphatic hydroxyl groups excluding tert-OH is 1. The Hall–Kier alpha value is -1.25. The van der Waals surface area contributed by atoms with E-state index >= 15 is 0 Å². The average Bonchev–Trinajstić information content (AvgIpc) is 2.56. The van der Waals surface area contributed by atoms with Crippen molar-refractivity contribution < 1.29 is 40.6 Å². The van der Waals surface area contributed by atoms with Crippen LogP contribution in [-0.4, -0.2) is 50.8 Å². The first kappa shape index (κ1) is 24.8. The summed E-state index contributed by atoms with van der Waals surface area (Å²) in [6, 6.07) is 7.74. The van der Waals surface area contributed by atoms with E-state index in [1.54, 1.807) is 18.2 Å². The van der Waals surface area contributed by atoms with E-state index in [0.717, 1.165) is 0 Å². The van der Waals surface area contributed by atoms with Gasteiger partial charge in [0, 0.05) is 0 Å². The van der Waals surface area contributed by atoms with E-state index in [4.69, 9.17) is 0 Å². The number of hydrogen-bond acceptors (Lipinski definition) is 2. The van der Waals surface area contributed by atoms with Crippen LogP contribution in [0, 0.1) is 5.41 Å². The third-order valence-corrected chi connectivity index (χ3v) is 5.97. The number of hydrogen-bond donors (Lipinski definition) is 1. The van der Waals surface area contributed by atoms with Gasteiger partial charge in [-0.05, 0) is 0 Å². The molecule has 1 aromatic carbocycles. The standard InChI is InChI=1S/C18H21F7O2Se/c1-5-27-14(16(19,20)17(21,22)18(23,24)25)12(13(26)15(2,3)4)28-11-9-7-6-8-10-11/h6-10,13,26H,5H2,1-4H3/b14-12-. The van der Waals surface area contributed by atoms with Crippen LogP contribution in [0.4, 0.5) is 30.7 Å². The molecule has 0 aliphatic rings. The second-order valence-electron chi connectivity index (χ2n) is 6.96. The molecule has 1 rings (SSSR count). The van der Waals surface area contributed by atoms with Gasteiger partial charge in [-0.1, -0.05) is 0 Å². The SMILES string of the molecule is CCO/C(=C(\[Se]c1ccccc1)C(O)C(C)(C)C)C(F)(F)C(F)(F)C(F)(F)F. The molecule has 0 aliphatic carbocycles. The van der Waals surface area contributed by atoms with E-state index in [2.05, 4.69) is 4.74 Å². The third-order valence-electron chi connectivity index (χ3n) is 3.59. The molecular weight excluding hydrogens is 460 g/mol. The quantitative estimate of drug-likeness (QED) is 0.353. The van der Waals surface area contributed by atoms with Crippen molar-refractivity contribution in [3.05, 3.63) is 40.6 Å². The molecule has 0 spiro atoms. The Balaban J connectivity index is 3.73. The van der Waals surface area contributed by atoms with Crippen molar-refractivity contribution in [2.75, 3.05) is 6.61 Å². The summed E-state index contributed by atoms with van der Waals surface area (Å²) in [6.07, 6.45) is -8.24. The summed E-state index contributed by atoms with van der Waals surface area (Å²) in [5, 5.41) is 10.6. The van der Waals surface area contributed by atoms with Crippen molar-refractivity contribution in [1.82, 2.24) is 0 Å². The van der Waals surface area contributed by atoms with E-state index in [1.807, 2.05) is 0 Å². The van der Waals surface area contributed by atoms with E-state index in [9.17, 15) is 35.8 Å². The van der Waals surface area contributed by atoms with Crippen LogP contribution in [0.15, 0.2) is 40.6 Å². The van der Waals surface area contributed by atoms with Crippen LogP contribution in [0.5, 0.6) is 0 Å². The summed E-state index contributed by atoms with van der Waals surface area (Å²) in [4.78, 5) is 0. The van der Waals surface area contributed by atoms with E-state index in [0.29, 0.717) is 4.46 Å². The van der Waals surface area contributed by atoms with Crippen LogP contribution in [0.2, 0.25) is 0 Å². The van der Waals surface area contributed by atoms with Crippen LogP contribution in [-0.2, 0) is 4.74 Å². The van der Waals surface area contributed by atoms with Crippen LogP contribution >= 0.6 is 0 Å². The van der Waals surface area contributed by atoms with Gasteiger partial charge in [-0.2, -0.15) is 0 Å². The first-order chi connectivity index (χ1) is 12.6. The maximum absolute atomic E-state index is 14.5. The molecule has 0 fully saturated rings. The van der Waals surface area contributed by atoms with Crippen molar-refractivity contribution in [2.45, 2.75) is 51.8 Å². The number of allylic oxidation sites excluding steroid dienone is 1. The molecule has 1 N–H and O–H groups in total. The molecule has 1 unspecified atom stereocenters. The molecule has 0 bridgehead atoms. The molecule has 0 aliphatic heterocycles. The molecule has 0 aromatic heterocycles. The summed E-state index contributed by atoms with van der Waals surface area (Å²) >= 11 is -1.19. The number of alkyl halides is 7. The zero-order valence-electron chi connectivity index (χ0n) is 15.6. The van der Waals surface area contributed by atoms with E-state index in [1.165, 1.54) is 39.8 Å². The molecule has 28 heavy (non-hydrogen) atoms. The Kier molecular flexibility index (Phi) is 7.64. The first-order valence-electron chi connectivity index (χ1n) is 8.18. The number of ether oxygens (including phenoxy) is 1. The molecule has 160 valence electrons. The van der Waals surface area contributed by atoms with Gasteiger partial charge in [0.15, 0.2) is 0 Å². The fourth-order valence-corrected chi connectivity index (χ4v) is 4.73. The zero-order valence-corrected chi connectivity index (χ0v) is 17.3. The normalized spacial score (nSPS) is 15.9. The molecule has 0 amide bonds.